The molecule has 3 N–H and O–H groups in total. The van der Waals surface area contributed by atoms with Crippen LogP contribution in [0.15, 0.2) is 0 Å². The van der Waals surface area contributed by atoms with Gasteiger partial charge in [0.25, 0.3) is 0 Å². The summed E-state index contributed by atoms with van der Waals surface area (Å²) >= 11 is 0. The van der Waals surface area contributed by atoms with Crippen molar-refractivity contribution in [1.29, 1.82) is 0 Å². The molecule has 1 saturated carbocycles. The van der Waals surface area contributed by atoms with Crippen molar-refractivity contribution in [3.63, 3.8) is 0 Å². The van der Waals surface area contributed by atoms with Crippen LogP contribution in [0.25, 0.3) is 0 Å². The fourth-order valence-corrected chi connectivity index (χ4v) is 1.16. The van der Waals surface area contributed by atoms with Gasteiger partial charge in [-0.2, -0.15) is 0 Å². The molecule has 0 aromatic rings. The lowest BCUT2D eigenvalue weighted by Crippen LogP contribution is -2.47. The van der Waals surface area contributed by atoms with Gasteiger partial charge in [0.1, 0.15) is 6.04 Å². The molecule has 1 rings (SSSR count). The summed E-state index contributed by atoms with van der Waals surface area (Å²) < 4.78 is 0. The van der Waals surface area contributed by atoms with Crippen LogP contribution in [-0.4, -0.2) is 37.0 Å². The van der Waals surface area contributed by atoms with E-state index in [0.717, 1.165) is 12.8 Å². The van der Waals surface area contributed by atoms with Crippen molar-refractivity contribution in [2.45, 2.75) is 31.8 Å². The highest BCUT2D eigenvalue weighted by molar-refractivity contribution is 5.88. The van der Waals surface area contributed by atoms with Crippen molar-refractivity contribution in [3.05, 3.63) is 0 Å². The Morgan fingerprint density at radius 1 is 1.50 bits per heavy atom. The molecule has 2 amide bonds. The monoisotopic (exact) mass is 223 g/mol. The van der Waals surface area contributed by atoms with E-state index in [0.29, 0.717) is 12.6 Å². The molecule has 1 fully saturated rings. The summed E-state index contributed by atoms with van der Waals surface area (Å²) in [6, 6.07) is -0.188. The van der Waals surface area contributed by atoms with Gasteiger partial charge in [-0.25, -0.2) is 0 Å². The molecule has 88 valence electrons. The lowest BCUT2D eigenvalue weighted by Gasteiger charge is -2.13. The third-order valence-corrected chi connectivity index (χ3v) is 2.21. The molecule has 5 nitrogen and oxygen atoms in total. The fourth-order valence-electron chi connectivity index (χ4n) is 1.16. The SMILES string of the molecule is C#CCNCC(=O)NC(C)C(=O)NC1CC1. The highest BCUT2D eigenvalue weighted by Crippen LogP contribution is 2.18. The van der Waals surface area contributed by atoms with E-state index in [9.17, 15) is 9.59 Å². The maximum atomic E-state index is 11.5. The molecule has 1 atom stereocenters. The quantitative estimate of drug-likeness (QED) is 0.399. The van der Waals surface area contributed by atoms with Crippen LogP contribution < -0.4 is 16.0 Å². The summed E-state index contributed by atoms with van der Waals surface area (Å²) in [5.41, 5.74) is 0. The number of hydrogen-bond donors (Lipinski definition) is 3. The van der Waals surface area contributed by atoms with E-state index in [4.69, 9.17) is 6.42 Å². The second-order valence-electron chi connectivity index (χ2n) is 3.88. The van der Waals surface area contributed by atoms with Gasteiger partial charge >= 0.3 is 0 Å². The van der Waals surface area contributed by atoms with Crippen molar-refractivity contribution in [3.8, 4) is 12.3 Å². The number of hydrogen-bond acceptors (Lipinski definition) is 3. The highest BCUT2D eigenvalue weighted by Gasteiger charge is 2.25. The number of carbonyl (C=O) groups is 2. The van der Waals surface area contributed by atoms with Crippen LogP contribution in [0.1, 0.15) is 19.8 Å². The van der Waals surface area contributed by atoms with Crippen molar-refractivity contribution in [1.82, 2.24) is 16.0 Å². The van der Waals surface area contributed by atoms with E-state index in [1.165, 1.54) is 0 Å². The maximum Gasteiger partial charge on any atom is 0.242 e. The topological polar surface area (TPSA) is 70.2 Å². The Labute approximate surface area is 95.4 Å². The van der Waals surface area contributed by atoms with Gasteiger partial charge in [0, 0.05) is 6.04 Å². The van der Waals surface area contributed by atoms with E-state index in [1.54, 1.807) is 6.92 Å². The van der Waals surface area contributed by atoms with Gasteiger partial charge in [0.05, 0.1) is 13.1 Å². The van der Waals surface area contributed by atoms with Crippen molar-refractivity contribution >= 4 is 11.8 Å². The normalized spacial score (nSPS) is 16.0. The molecule has 1 aliphatic carbocycles. The zero-order chi connectivity index (χ0) is 12.0. The molecular formula is C11H17N3O2. The summed E-state index contributed by atoms with van der Waals surface area (Å²) in [5.74, 6) is 2.00. The van der Waals surface area contributed by atoms with Crippen molar-refractivity contribution in [2.24, 2.45) is 0 Å². The molecule has 0 aromatic carbocycles. The van der Waals surface area contributed by atoms with E-state index in [2.05, 4.69) is 21.9 Å². The summed E-state index contributed by atoms with van der Waals surface area (Å²) in [7, 11) is 0. The third kappa shape index (κ3) is 4.80. The predicted molar refractivity (Wildman–Crippen MR) is 60.5 cm³/mol. The average Bonchev–Trinajstić information content (AvgIpc) is 3.02. The summed E-state index contributed by atoms with van der Waals surface area (Å²) in [4.78, 5) is 22.8. The van der Waals surface area contributed by atoms with Gasteiger partial charge in [-0.05, 0) is 19.8 Å². The number of terminal acetylenes is 1. The van der Waals surface area contributed by atoms with Crippen LogP contribution >= 0.6 is 0 Å². The largest absolute Gasteiger partial charge is 0.352 e. The van der Waals surface area contributed by atoms with Crippen LogP contribution in [0.4, 0.5) is 0 Å². The molecule has 0 heterocycles. The first-order valence-electron chi connectivity index (χ1n) is 5.37. The van der Waals surface area contributed by atoms with Gasteiger partial charge < -0.3 is 10.6 Å². The zero-order valence-electron chi connectivity index (χ0n) is 9.38. The highest BCUT2D eigenvalue weighted by atomic mass is 16.2. The van der Waals surface area contributed by atoms with Gasteiger partial charge in [0.15, 0.2) is 0 Å². The summed E-state index contributed by atoms with van der Waals surface area (Å²) in [5, 5.41) is 8.16. The fraction of sp³-hybridized carbons (Fsp3) is 0.636. The average molecular weight is 223 g/mol. The molecule has 0 spiro atoms. The first-order chi connectivity index (χ1) is 7.63. The molecule has 1 aliphatic rings. The standard InChI is InChI=1S/C11H17N3O2/c1-3-6-12-7-10(15)13-8(2)11(16)14-9-4-5-9/h1,8-9,12H,4-7H2,2H3,(H,13,15)(H,14,16). The van der Waals surface area contributed by atoms with Crippen LogP contribution in [0.3, 0.4) is 0 Å². The Morgan fingerprint density at radius 2 is 2.19 bits per heavy atom. The Kier molecular flexibility index (Phi) is 4.80. The number of rotatable bonds is 6. The minimum absolute atomic E-state index is 0.130. The van der Waals surface area contributed by atoms with Gasteiger partial charge in [-0.1, -0.05) is 5.92 Å². The minimum Gasteiger partial charge on any atom is -0.352 e. The minimum atomic E-state index is -0.499. The van der Waals surface area contributed by atoms with Gasteiger partial charge in [-0.15, -0.1) is 6.42 Å². The van der Waals surface area contributed by atoms with E-state index in [-0.39, 0.29) is 18.4 Å². The van der Waals surface area contributed by atoms with Crippen molar-refractivity contribution in [2.75, 3.05) is 13.1 Å². The number of carbonyl (C=O) groups excluding carboxylic acids is 2. The molecule has 5 heteroatoms. The van der Waals surface area contributed by atoms with Crippen LogP contribution in [0.5, 0.6) is 0 Å². The first kappa shape index (κ1) is 12.5. The molecule has 16 heavy (non-hydrogen) atoms. The summed E-state index contributed by atoms with van der Waals surface area (Å²) in [6.45, 7) is 2.14. The second-order valence-corrected chi connectivity index (χ2v) is 3.88. The van der Waals surface area contributed by atoms with Gasteiger partial charge in [-0.3, -0.25) is 14.9 Å². The lowest BCUT2D eigenvalue weighted by molar-refractivity contribution is -0.128. The maximum absolute atomic E-state index is 11.5. The predicted octanol–water partition coefficient (Wildman–Crippen LogP) is -1.01. The number of nitrogens with one attached hydrogen (secondary N) is 3. The van der Waals surface area contributed by atoms with E-state index < -0.39 is 6.04 Å². The Bertz CT molecular complexity index is 305. The van der Waals surface area contributed by atoms with E-state index in [1.807, 2.05) is 0 Å². The molecule has 0 bridgehead atoms. The molecule has 1 unspecified atom stereocenters. The number of amides is 2. The summed E-state index contributed by atoms with van der Waals surface area (Å²) in [6.07, 6.45) is 7.09. The molecule has 0 saturated heterocycles. The Morgan fingerprint density at radius 3 is 2.75 bits per heavy atom. The van der Waals surface area contributed by atoms with Gasteiger partial charge in [0.2, 0.25) is 11.8 Å². The van der Waals surface area contributed by atoms with Crippen LogP contribution in [0, 0.1) is 12.3 Å². The molecule has 0 aliphatic heterocycles. The first-order valence-corrected chi connectivity index (χ1v) is 5.37. The lowest BCUT2D eigenvalue weighted by atomic mass is 10.3. The Hall–Kier alpha value is -1.54. The van der Waals surface area contributed by atoms with Crippen LogP contribution in [-0.2, 0) is 9.59 Å². The van der Waals surface area contributed by atoms with Crippen molar-refractivity contribution < 1.29 is 9.59 Å². The smallest absolute Gasteiger partial charge is 0.242 e. The second kappa shape index (κ2) is 6.13. The zero-order valence-corrected chi connectivity index (χ0v) is 9.38. The van der Waals surface area contributed by atoms with E-state index >= 15 is 0 Å². The molecule has 0 aromatic heterocycles. The third-order valence-electron chi connectivity index (χ3n) is 2.21. The van der Waals surface area contributed by atoms with Crippen LogP contribution in [0.2, 0.25) is 0 Å². The Balaban J connectivity index is 2.16. The molecular weight excluding hydrogens is 206 g/mol. The molecule has 0 radical (unpaired) electrons.